The van der Waals surface area contributed by atoms with Gasteiger partial charge in [0.1, 0.15) is 11.6 Å². The van der Waals surface area contributed by atoms with Crippen LogP contribution in [-0.4, -0.2) is 20.5 Å². The average Bonchev–Trinajstić information content (AvgIpc) is 2.64. The maximum Gasteiger partial charge on any atom is 0.263 e. The van der Waals surface area contributed by atoms with Crippen LogP contribution >= 0.6 is 11.6 Å². The Hall–Kier alpha value is -2.77. The van der Waals surface area contributed by atoms with Gasteiger partial charge in [0.25, 0.3) is 10.0 Å². The highest BCUT2D eigenvalue weighted by Gasteiger charge is 2.15. The van der Waals surface area contributed by atoms with Crippen molar-refractivity contribution in [1.29, 1.82) is 0 Å². The maximum absolute atomic E-state index is 12.4. The zero-order valence-corrected chi connectivity index (χ0v) is 15.4. The van der Waals surface area contributed by atoms with Gasteiger partial charge >= 0.3 is 0 Å². The topological polar surface area (TPSA) is 80.3 Å². The maximum atomic E-state index is 12.4. The Kier molecular flexibility index (Phi) is 5.29. The molecule has 0 aliphatic rings. The first-order chi connectivity index (χ1) is 12.5. The molecule has 2 aromatic carbocycles. The van der Waals surface area contributed by atoms with E-state index in [-0.39, 0.29) is 10.7 Å². The van der Waals surface area contributed by atoms with Crippen LogP contribution in [0.5, 0.6) is 5.75 Å². The molecule has 0 saturated carbocycles. The molecule has 1 heterocycles. The van der Waals surface area contributed by atoms with E-state index in [1.807, 2.05) is 24.3 Å². The lowest BCUT2D eigenvalue weighted by atomic mass is 10.3. The summed E-state index contributed by atoms with van der Waals surface area (Å²) in [5.74, 6) is 0.977. The standard InChI is InChI=1S/C18H16ClN3O3S/c1-25-16-8-5-14(6-9-16)21-15-7-10-18(20-12-15)22-26(23,24)17-4-2-3-13(19)11-17/h2-12,21H,1H3,(H,20,22). The molecule has 134 valence electrons. The molecule has 0 fully saturated rings. The molecule has 0 radical (unpaired) electrons. The van der Waals surface area contributed by atoms with Crippen LogP contribution in [0.4, 0.5) is 17.2 Å². The first kappa shape index (κ1) is 18.0. The number of halogens is 1. The summed E-state index contributed by atoms with van der Waals surface area (Å²) in [7, 11) is -2.14. The minimum absolute atomic E-state index is 0.0761. The van der Waals surface area contributed by atoms with Crippen LogP contribution < -0.4 is 14.8 Å². The number of rotatable bonds is 6. The second-order valence-corrected chi connectivity index (χ2v) is 7.47. The molecule has 0 amide bonds. The van der Waals surface area contributed by atoms with E-state index in [4.69, 9.17) is 16.3 Å². The van der Waals surface area contributed by atoms with Crippen molar-refractivity contribution >= 4 is 38.8 Å². The fourth-order valence-corrected chi connectivity index (χ4v) is 3.51. The van der Waals surface area contributed by atoms with Crippen molar-refractivity contribution in [3.63, 3.8) is 0 Å². The zero-order valence-electron chi connectivity index (χ0n) is 13.8. The van der Waals surface area contributed by atoms with Gasteiger partial charge in [0.05, 0.1) is 23.9 Å². The molecule has 2 N–H and O–H groups in total. The summed E-state index contributed by atoms with van der Waals surface area (Å²) in [6, 6.07) is 16.7. The number of pyridine rings is 1. The van der Waals surface area contributed by atoms with Gasteiger partial charge in [0, 0.05) is 10.7 Å². The van der Waals surface area contributed by atoms with Crippen molar-refractivity contribution < 1.29 is 13.2 Å². The predicted octanol–water partition coefficient (Wildman–Crippen LogP) is 4.29. The van der Waals surface area contributed by atoms with E-state index in [0.29, 0.717) is 5.02 Å². The molecular weight excluding hydrogens is 374 g/mol. The van der Waals surface area contributed by atoms with Gasteiger partial charge in [-0.3, -0.25) is 4.72 Å². The van der Waals surface area contributed by atoms with E-state index in [0.717, 1.165) is 17.1 Å². The summed E-state index contributed by atoms with van der Waals surface area (Å²) in [6.45, 7) is 0. The van der Waals surface area contributed by atoms with Crippen molar-refractivity contribution in [3.05, 3.63) is 71.9 Å². The molecule has 0 spiro atoms. The molecule has 6 nitrogen and oxygen atoms in total. The smallest absolute Gasteiger partial charge is 0.263 e. The van der Waals surface area contributed by atoms with Crippen molar-refractivity contribution in [2.75, 3.05) is 17.1 Å². The lowest BCUT2D eigenvalue weighted by molar-refractivity contribution is 0.415. The molecule has 0 aliphatic carbocycles. The van der Waals surface area contributed by atoms with Crippen molar-refractivity contribution in [2.45, 2.75) is 4.90 Å². The average molecular weight is 390 g/mol. The van der Waals surface area contributed by atoms with Crippen LogP contribution in [0.1, 0.15) is 0 Å². The zero-order chi connectivity index (χ0) is 18.6. The summed E-state index contributed by atoms with van der Waals surface area (Å²) >= 11 is 5.85. The molecular formula is C18H16ClN3O3S. The monoisotopic (exact) mass is 389 g/mol. The van der Waals surface area contributed by atoms with Crippen molar-refractivity contribution in [2.24, 2.45) is 0 Å². The van der Waals surface area contributed by atoms with Crippen LogP contribution in [0, 0.1) is 0 Å². The van der Waals surface area contributed by atoms with E-state index in [2.05, 4.69) is 15.0 Å². The SMILES string of the molecule is COc1ccc(Nc2ccc(NS(=O)(=O)c3cccc(Cl)c3)nc2)cc1. The molecule has 3 aromatic rings. The van der Waals surface area contributed by atoms with E-state index in [9.17, 15) is 8.42 Å². The van der Waals surface area contributed by atoms with Crippen LogP contribution in [0.2, 0.25) is 5.02 Å². The number of ether oxygens (including phenoxy) is 1. The van der Waals surface area contributed by atoms with Crippen LogP contribution in [-0.2, 0) is 10.0 Å². The Morgan fingerprint density at radius 3 is 2.35 bits per heavy atom. The Labute approximate surface area is 156 Å². The highest BCUT2D eigenvalue weighted by molar-refractivity contribution is 7.92. The summed E-state index contributed by atoms with van der Waals surface area (Å²) < 4.78 is 32.2. The predicted molar refractivity (Wildman–Crippen MR) is 103 cm³/mol. The summed E-state index contributed by atoms with van der Waals surface area (Å²) in [4.78, 5) is 4.21. The van der Waals surface area contributed by atoms with E-state index in [1.54, 1.807) is 37.6 Å². The van der Waals surface area contributed by atoms with Crippen LogP contribution in [0.25, 0.3) is 0 Å². The Morgan fingerprint density at radius 1 is 1.00 bits per heavy atom. The second kappa shape index (κ2) is 7.63. The van der Waals surface area contributed by atoms with Crippen LogP contribution in [0.3, 0.4) is 0 Å². The number of methoxy groups -OCH3 is 1. The Bertz CT molecular complexity index is 991. The number of aromatic nitrogens is 1. The third kappa shape index (κ3) is 4.44. The van der Waals surface area contributed by atoms with Gasteiger partial charge in [-0.05, 0) is 54.6 Å². The van der Waals surface area contributed by atoms with Crippen LogP contribution in [0.15, 0.2) is 71.8 Å². The minimum Gasteiger partial charge on any atom is -0.497 e. The molecule has 0 saturated heterocycles. The number of hydrogen-bond donors (Lipinski definition) is 2. The van der Waals surface area contributed by atoms with Gasteiger partial charge in [0.2, 0.25) is 0 Å². The highest BCUT2D eigenvalue weighted by Crippen LogP contribution is 2.22. The molecule has 0 unspecified atom stereocenters. The van der Waals surface area contributed by atoms with Gasteiger partial charge < -0.3 is 10.1 Å². The fourth-order valence-electron chi connectivity index (χ4n) is 2.20. The summed E-state index contributed by atoms with van der Waals surface area (Å²) in [6.07, 6.45) is 1.54. The normalized spacial score (nSPS) is 11.0. The van der Waals surface area contributed by atoms with Gasteiger partial charge in [-0.25, -0.2) is 13.4 Å². The molecule has 8 heteroatoms. The van der Waals surface area contributed by atoms with Gasteiger partial charge in [-0.15, -0.1) is 0 Å². The molecule has 1 aromatic heterocycles. The second-order valence-electron chi connectivity index (χ2n) is 5.35. The third-order valence-electron chi connectivity index (χ3n) is 3.49. The highest BCUT2D eigenvalue weighted by atomic mass is 35.5. The van der Waals surface area contributed by atoms with E-state index >= 15 is 0 Å². The first-order valence-corrected chi connectivity index (χ1v) is 9.48. The van der Waals surface area contributed by atoms with Gasteiger partial charge in [-0.1, -0.05) is 17.7 Å². The largest absolute Gasteiger partial charge is 0.497 e. The lowest BCUT2D eigenvalue weighted by Crippen LogP contribution is -2.13. The molecule has 0 bridgehead atoms. The fraction of sp³-hybridized carbons (Fsp3) is 0.0556. The quantitative estimate of drug-likeness (QED) is 0.657. The molecule has 0 aliphatic heterocycles. The number of hydrogen-bond acceptors (Lipinski definition) is 5. The van der Waals surface area contributed by atoms with E-state index in [1.165, 1.54) is 12.1 Å². The molecule has 3 rings (SSSR count). The number of nitrogens with zero attached hydrogens (tertiary/aromatic N) is 1. The van der Waals surface area contributed by atoms with E-state index < -0.39 is 10.0 Å². The first-order valence-electron chi connectivity index (χ1n) is 7.62. The van der Waals surface area contributed by atoms with Gasteiger partial charge in [0.15, 0.2) is 0 Å². The Balaban J connectivity index is 1.71. The van der Waals surface area contributed by atoms with Gasteiger partial charge in [-0.2, -0.15) is 0 Å². The number of anilines is 3. The lowest BCUT2D eigenvalue weighted by Gasteiger charge is -2.10. The summed E-state index contributed by atoms with van der Waals surface area (Å²) in [5.41, 5.74) is 1.58. The number of sulfonamides is 1. The molecule has 0 atom stereocenters. The third-order valence-corrected chi connectivity index (χ3v) is 5.07. The number of nitrogens with one attached hydrogen (secondary N) is 2. The molecule has 26 heavy (non-hydrogen) atoms. The Morgan fingerprint density at radius 2 is 1.73 bits per heavy atom. The van der Waals surface area contributed by atoms with Crippen molar-refractivity contribution in [1.82, 2.24) is 4.98 Å². The minimum atomic E-state index is -3.75. The summed E-state index contributed by atoms with van der Waals surface area (Å²) in [5, 5.41) is 3.52. The van der Waals surface area contributed by atoms with Crippen molar-refractivity contribution in [3.8, 4) is 5.75 Å². The number of benzene rings is 2.